The molecule has 0 aliphatic rings. The normalized spacial score (nSPS) is 10.4. The second-order valence-corrected chi connectivity index (χ2v) is 7.39. The van der Waals surface area contributed by atoms with Crippen molar-refractivity contribution in [3.8, 4) is 9.88 Å². The molecule has 0 aliphatic heterocycles. The summed E-state index contributed by atoms with van der Waals surface area (Å²) in [5.74, 6) is -1.01. The van der Waals surface area contributed by atoms with Crippen LogP contribution in [0, 0.1) is 0 Å². The Morgan fingerprint density at radius 2 is 1.92 bits per heavy atom. The number of hydrogen-bond donors (Lipinski definition) is 1. The summed E-state index contributed by atoms with van der Waals surface area (Å²) in [6.07, 6.45) is 0. The minimum atomic E-state index is -0.609. The smallest absolute Gasteiger partial charge is 0.358 e. The number of thiophene rings is 1. The van der Waals surface area contributed by atoms with E-state index in [1.165, 1.54) is 11.3 Å². The lowest BCUT2D eigenvalue weighted by molar-refractivity contribution is -0.119. The number of rotatable bonds is 6. The highest BCUT2D eigenvalue weighted by molar-refractivity contribution is 7.20. The van der Waals surface area contributed by atoms with Crippen molar-refractivity contribution < 1.29 is 14.3 Å². The number of nitrogens with one attached hydrogen (secondary N) is 1. The molecule has 2 heterocycles. The first-order valence-corrected chi connectivity index (χ1v) is 9.52. The molecule has 6 nitrogen and oxygen atoms in total. The predicted molar refractivity (Wildman–Crippen MR) is 105 cm³/mol. The number of amides is 1. The average Bonchev–Trinajstić information content (AvgIpc) is 3.31. The highest BCUT2D eigenvalue weighted by Crippen LogP contribution is 2.27. The van der Waals surface area contributed by atoms with Crippen molar-refractivity contribution in [2.45, 2.75) is 0 Å². The lowest BCUT2D eigenvalue weighted by atomic mass is 10.2. The number of nitrogens with zero attached hydrogens (tertiary/aromatic N) is 2. The molecule has 0 bridgehead atoms. The molecule has 0 saturated carbocycles. The van der Waals surface area contributed by atoms with Gasteiger partial charge in [0.25, 0.3) is 5.91 Å². The van der Waals surface area contributed by atoms with Crippen molar-refractivity contribution in [1.29, 1.82) is 0 Å². The SMILES string of the molecule is CN(C)c1ccc(NC(=O)COC(=O)c2csc(-c3cccs3)n2)cc1. The van der Waals surface area contributed by atoms with Crippen LogP contribution in [-0.4, -0.2) is 37.6 Å². The third-order valence-electron chi connectivity index (χ3n) is 3.45. The molecule has 0 saturated heterocycles. The van der Waals surface area contributed by atoms with Crippen molar-refractivity contribution in [3.63, 3.8) is 0 Å². The Kier molecular flexibility index (Phi) is 5.65. The second kappa shape index (κ2) is 8.11. The first kappa shape index (κ1) is 18.1. The van der Waals surface area contributed by atoms with Gasteiger partial charge in [0.1, 0.15) is 5.01 Å². The average molecular weight is 387 g/mol. The van der Waals surface area contributed by atoms with Crippen molar-refractivity contribution in [2.75, 3.05) is 30.9 Å². The third-order valence-corrected chi connectivity index (χ3v) is 5.33. The van der Waals surface area contributed by atoms with Crippen molar-refractivity contribution >= 4 is 45.9 Å². The van der Waals surface area contributed by atoms with Crippen molar-refractivity contribution in [1.82, 2.24) is 4.98 Å². The summed E-state index contributed by atoms with van der Waals surface area (Å²) >= 11 is 2.92. The van der Waals surface area contributed by atoms with E-state index in [0.717, 1.165) is 15.6 Å². The Labute approximate surface area is 159 Å². The van der Waals surface area contributed by atoms with E-state index in [4.69, 9.17) is 4.74 Å². The highest BCUT2D eigenvalue weighted by atomic mass is 32.1. The van der Waals surface area contributed by atoms with Gasteiger partial charge in [0.15, 0.2) is 12.3 Å². The van der Waals surface area contributed by atoms with Crippen LogP contribution in [-0.2, 0) is 9.53 Å². The summed E-state index contributed by atoms with van der Waals surface area (Å²) in [5, 5.41) is 7.04. The predicted octanol–water partition coefficient (Wildman–Crippen LogP) is 3.73. The number of thiazole rings is 1. The molecule has 0 unspecified atom stereocenters. The summed E-state index contributed by atoms with van der Waals surface area (Å²) in [7, 11) is 3.88. The van der Waals surface area contributed by atoms with Crippen LogP contribution in [0.5, 0.6) is 0 Å². The number of anilines is 2. The van der Waals surface area contributed by atoms with Crippen LogP contribution in [0.4, 0.5) is 11.4 Å². The zero-order valence-electron chi connectivity index (χ0n) is 14.3. The molecule has 0 aliphatic carbocycles. The van der Waals surface area contributed by atoms with Crippen molar-refractivity contribution in [3.05, 3.63) is 52.9 Å². The van der Waals surface area contributed by atoms with Gasteiger partial charge in [-0.15, -0.1) is 22.7 Å². The van der Waals surface area contributed by atoms with Gasteiger partial charge in [-0.1, -0.05) is 6.07 Å². The molecule has 0 atom stereocenters. The topological polar surface area (TPSA) is 71.5 Å². The van der Waals surface area contributed by atoms with E-state index in [0.29, 0.717) is 5.69 Å². The molecule has 1 aromatic carbocycles. The number of esters is 1. The van der Waals surface area contributed by atoms with E-state index in [1.807, 2.05) is 48.6 Å². The van der Waals surface area contributed by atoms with Gasteiger partial charge in [0.05, 0.1) is 4.88 Å². The van der Waals surface area contributed by atoms with Gasteiger partial charge in [0.2, 0.25) is 0 Å². The highest BCUT2D eigenvalue weighted by Gasteiger charge is 2.15. The molecule has 3 rings (SSSR count). The van der Waals surface area contributed by atoms with E-state index < -0.39 is 11.9 Å². The fourth-order valence-electron chi connectivity index (χ4n) is 2.13. The van der Waals surface area contributed by atoms with Gasteiger partial charge >= 0.3 is 5.97 Å². The largest absolute Gasteiger partial charge is 0.451 e. The van der Waals surface area contributed by atoms with Crippen LogP contribution in [0.3, 0.4) is 0 Å². The number of carbonyl (C=O) groups excluding carboxylic acids is 2. The summed E-state index contributed by atoms with van der Waals surface area (Å²) in [4.78, 5) is 31.2. The number of ether oxygens (including phenoxy) is 1. The Morgan fingerprint density at radius 1 is 1.15 bits per heavy atom. The molecule has 1 N–H and O–H groups in total. The summed E-state index contributed by atoms with van der Waals surface area (Å²) in [5.41, 5.74) is 1.88. The van der Waals surface area contributed by atoms with Gasteiger partial charge in [-0.05, 0) is 35.7 Å². The van der Waals surface area contributed by atoms with Gasteiger partial charge in [-0.2, -0.15) is 0 Å². The molecule has 3 aromatic rings. The fraction of sp³-hybridized carbons (Fsp3) is 0.167. The zero-order chi connectivity index (χ0) is 18.5. The Bertz CT molecular complexity index is 887. The van der Waals surface area contributed by atoms with E-state index in [-0.39, 0.29) is 12.3 Å². The van der Waals surface area contributed by atoms with Crippen LogP contribution in [0.1, 0.15) is 10.5 Å². The second-order valence-electron chi connectivity index (χ2n) is 5.58. The summed E-state index contributed by atoms with van der Waals surface area (Å²) in [6, 6.07) is 11.2. The molecule has 8 heteroatoms. The quantitative estimate of drug-likeness (QED) is 0.653. The standard InChI is InChI=1S/C18H17N3O3S2/c1-21(2)13-7-5-12(6-8-13)19-16(22)10-24-18(23)14-11-26-17(20-14)15-4-3-9-25-15/h3-9,11H,10H2,1-2H3,(H,19,22). The third kappa shape index (κ3) is 4.47. The molecular weight excluding hydrogens is 370 g/mol. The first-order chi connectivity index (χ1) is 12.5. The van der Waals surface area contributed by atoms with Gasteiger partial charge in [-0.3, -0.25) is 4.79 Å². The summed E-state index contributed by atoms with van der Waals surface area (Å²) in [6.45, 7) is -0.361. The van der Waals surface area contributed by atoms with Crippen molar-refractivity contribution in [2.24, 2.45) is 0 Å². The molecule has 0 spiro atoms. The van der Waals surface area contributed by atoms with E-state index >= 15 is 0 Å². The van der Waals surface area contributed by atoms with E-state index in [1.54, 1.807) is 28.8 Å². The maximum atomic E-state index is 12.0. The molecule has 0 fully saturated rings. The van der Waals surface area contributed by atoms with Gasteiger partial charge < -0.3 is 15.0 Å². The Hall–Kier alpha value is -2.71. The maximum Gasteiger partial charge on any atom is 0.358 e. The Morgan fingerprint density at radius 3 is 2.58 bits per heavy atom. The maximum absolute atomic E-state index is 12.0. The zero-order valence-corrected chi connectivity index (χ0v) is 15.9. The van der Waals surface area contributed by atoms with Crippen LogP contribution in [0.2, 0.25) is 0 Å². The van der Waals surface area contributed by atoms with Gasteiger partial charge in [0, 0.05) is 30.9 Å². The molecular formula is C18H17N3O3S2. The fourth-order valence-corrected chi connectivity index (χ4v) is 3.73. The van der Waals surface area contributed by atoms with Crippen LogP contribution in [0.25, 0.3) is 9.88 Å². The number of hydrogen-bond acceptors (Lipinski definition) is 7. The number of benzene rings is 1. The first-order valence-electron chi connectivity index (χ1n) is 7.76. The lowest BCUT2D eigenvalue weighted by Crippen LogP contribution is -2.21. The number of aromatic nitrogens is 1. The van der Waals surface area contributed by atoms with Crippen LogP contribution in [0.15, 0.2) is 47.2 Å². The molecule has 0 radical (unpaired) electrons. The van der Waals surface area contributed by atoms with E-state index in [2.05, 4.69) is 10.3 Å². The van der Waals surface area contributed by atoms with Crippen LogP contribution < -0.4 is 10.2 Å². The molecule has 134 valence electrons. The minimum absolute atomic E-state index is 0.210. The van der Waals surface area contributed by atoms with Crippen LogP contribution >= 0.6 is 22.7 Å². The minimum Gasteiger partial charge on any atom is -0.451 e. The van der Waals surface area contributed by atoms with Gasteiger partial charge in [-0.25, -0.2) is 9.78 Å². The molecule has 1 amide bonds. The Balaban J connectivity index is 1.52. The number of carbonyl (C=O) groups is 2. The molecule has 26 heavy (non-hydrogen) atoms. The molecule has 2 aromatic heterocycles. The summed E-state index contributed by atoms with van der Waals surface area (Å²) < 4.78 is 5.04. The monoisotopic (exact) mass is 387 g/mol. The lowest BCUT2D eigenvalue weighted by Gasteiger charge is -2.13. The van der Waals surface area contributed by atoms with E-state index in [9.17, 15) is 9.59 Å².